The monoisotopic (exact) mass is 182 g/mol. The molecule has 74 valence electrons. The summed E-state index contributed by atoms with van der Waals surface area (Å²) in [5.74, 6) is 0.874. The third-order valence-electron chi connectivity index (χ3n) is 3.13. The largest absolute Gasteiger partial charge is 0.343 e. The van der Waals surface area contributed by atoms with Crippen molar-refractivity contribution in [1.29, 1.82) is 0 Å². The minimum atomic E-state index is 0.119. The van der Waals surface area contributed by atoms with Crippen molar-refractivity contribution in [3.05, 3.63) is 0 Å². The maximum absolute atomic E-state index is 11.6. The van der Waals surface area contributed by atoms with Crippen LogP contribution in [0.2, 0.25) is 0 Å². The molecule has 2 rings (SSSR count). The first kappa shape index (κ1) is 9.00. The second kappa shape index (κ2) is 3.29. The van der Waals surface area contributed by atoms with Crippen molar-refractivity contribution in [2.45, 2.75) is 44.2 Å². The number of amides is 1. The van der Waals surface area contributed by atoms with Gasteiger partial charge in [0.05, 0.1) is 0 Å². The van der Waals surface area contributed by atoms with Gasteiger partial charge in [-0.2, -0.15) is 0 Å². The molecular formula is C10H18N2O. The van der Waals surface area contributed by atoms with Gasteiger partial charge in [-0.15, -0.1) is 0 Å². The van der Waals surface area contributed by atoms with E-state index in [1.165, 1.54) is 25.7 Å². The lowest BCUT2D eigenvalue weighted by molar-refractivity contribution is -0.130. The summed E-state index contributed by atoms with van der Waals surface area (Å²) in [6, 6.07) is 0.646. The minimum Gasteiger partial charge on any atom is -0.343 e. The lowest BCUT2D eigenvalue weighted by Crippen LogP contribution is -2.35. The van der Waals surface area contributed by atoms with Crippen LogP contribution in [-0.4, -0.2) is 29.9 Å². The maximum Gasteiger partial charge on any atom is 0.224 e. The zero-order chi connectivity index (χ0) is 9.42. The summed E-state index contributed by atoms with van der Waals surface area (Å²) in [6.45, 7) is 0. The first-order valence-electron chi connectivity index (χ1n) is 5.19. The lowest BCUT2D eigenvalue weighted by Gasteiger charge is -2.18. The van der Waals surface area contributed by atoms with Gasteiger partial charge >= 0.3 is 0 Å². The molecule has 0 aromatic rings. The molecule has 0 heterocycles. The first-order chi connectivity index (χ1) is 6.18. The van der Waals surface area contributed by atoms with Gasteiger partial charge in [0.25, 0.3) is 0 Å². The Kier molecular flexibility index (Phi) is 2.28. The van der Waals surface area contributed by atoms with Crippen molar-refractivity contribution in [2.75, 3.05) is 7.05 Å². The van der Waals surface area contributed by atoms with E-state index >= 15 is 0 Å². The summed E-state index contributed by atoms with van der Waals surface area (Å²) in [5.41, 5.74) is 5.89. The molecule has 2 saturated carbocycles. The molecule has 0 bridgehead atoms. The smallest absolute Gasteiger partial charge is 0.224 e. The molecule has 2 N–H and O–H groups in total. The summed E-state index contributed by atoms with van der Waals surface area (Å²) >= 11 is 0. The van der Waals surface area contributed by atoms with Gasteiger partial charge in [-0.3, -0.25) is 4.79 Å². The van der Waals surface area contributed by atoms with Gasteiger partial charge in [-0.1, -0.05) is 0 Å². The fourth-order valence-corrected chi connectivity index (χ4v) is 1.70. The van der Waals surface area contributed by atoms with Gasteiger partial charge in [0, 0.05) is 25.6 Å². The highest BCUT2D eigenvalue weighted by atomic mass is 16.2. The number of rotatable bonds is 4. The van der Waals surface area contributed by atoms with E-state index in [4.69, 9.17) is 5.73 Å². The Balaban J connectivity index is 1.75. The van der Waals surface area contributed by atoms with Crippen LogP contribution in [0, 0.1) is 5.92 Å². The second-order valence-electron chi connectivity index (χ2n) is 4.44. The minimum absolute atomic E-state index is 0.119. The van der Waals surface area contributed by atoms with E-state index in [9.17, 15) is 4.79 Å². The van der Waals surface area contributed by atoms with E-state index in [-0.39, 0.29) is 11.9 Å². The fraction of sp³-hybridized carbons (Fsp3) is 0.900. The third kappa shape index (κ3) is 2.21. The van der Waals surface area contributed by atoms with Crippen molar-refractivity contribution in [3.8, 4) is 0 Å². The number of hydrogen-bond donors (Lipinski definition) is 1. The van der Waals surface area contributed by atoms with Crippen molar-refractivity contribution in [1.82, 2.24) is 4.90 Å². The van der Waals surface area contributed by atoms with Gasteiger partial charge in [0.1, 0.15) is 0 Å². The van der Waals surface area contributed by atoms with Crippen LogP contribution >= 0.6 is 0 Å². The van der Waals surface area contributed by atoms with Crippen LogP contribution in [0.25, 0.3) is 0 Å². The third-order valence-corrected chi connectivity index (χ3v) is 3.13. The van der Waals surface area contributed by atoms with Crippen LogP contribution in [0.4, 0.5) is 0 Å². The zero-order valence-electron chi connectivity index (χ0n) is 8.20. The number of nitrogens with zero attached hydrogens (tertiary/aromatic N) is 1. The molecule has 1 atom stereocenters. The number of carbonyl (C=O) groups is 1. The van der Waals surface area contributed by atoms with Crippen LogP contribution in [0.5, 0.6) is 0 Å². The molecule has 3 nitrogen and oxygen atoms in total. The van der Waals surface area contributed by atoms with Crippen LogP contribution in [-0.2, 0) is 4.79 Å². The van der Waals surface area contributed by atoms with E-state index in [1.54, 1.807) is 0 Å². The average molecular weight is 182 g/mol. The van der Waals surface area contributed by atoms with E-state index in [0.717, 1.165) is 0 Å². The van der Waals surface area contributed by atoms with Gasteiger partial charge in [0.15, 0.2) is 0 Å². The van der Waals surface area contributed by atoms with Crippen molar-refractivity contribution < 1.29 is 4.79 Å². The maximum atomic E-state index is 11.6. The second-order valence-corrected chi connectivity index (χ2v) is 4.44. The van der Waals surface area contributed by atoms with Gasteiger partial charge < -0.3 is 10.6 Å². The molecule has 0 aromatic heterocycles. The Morgan fingerprint density at radius 2 is 2.08 bits per heavy atom. The average Bonchev–Trinajstić information content (AvgIpc) is 2.92. The van der Waals surface area contributed by atoms with Gasteiger partial charge in [-0.25, -0.2) is 0 Å². The standard InChI is InChI=1S/C10H18N2O/c1-12(8-4-5-8)10(13)6-9(11)7-2-3-7/h7-9H,2-6,11H2,1H3. The Hall–Kier alpha value is -0.570. The lowest BCUT2D eigenvalue weighted by atomic mass is 10.1. The summed E-state index contributed by atoms with van der Waals surface area (Å²) in [4.78, 5) is 13.5. The molecule has 0 spiro atoms. The molecule has 1 amide bonds. The van der Waals surface area contributed by atoms with Crippen molar-refractivity contribution >= 4 is 5.91 Å². The first-order valence-corrected chi connectivity index (χ1v) is 5.19. The van der Waals surface area contributed by atoms with E-state index in [2.05, 4.69) is 0 Å². The predicted octanol–water partition coefficient (Wildman–Crippen LogP) is 0.735. The van der Waals surface area contributed by atoms with E-state index in [0.29, 0.717) is 18.4 Å². The Bertz CT molecular complexity index is 209. The van der Waals surface area contributed by atoms with E-state index in [1.807, 2.05) is 11.9 Å². The highest BCUT2D eigenvalue weighted by molar-refractivity contribution is 5.77. The van der Waals surface area contributed by atoms with E-state index < -0.39 is 0 Å². The topological polar surface area (TPSA) is 46.3 Å². The Morgan fingerprint density at radius 3 is 2.54 bits per heavy atom. The van der Waals surface area contributed by atoms with Gasteiger partial charge in [0.2, 0.25) is 5.91 Å². The number of carbonyl (C=O) groups excluding carboxylic acids is 1. The molecule has 2 fully saturated rings. The summed E-state index contributed by atoms with van der Waals surface area (Å²) in [5, 5.41) is 0. The normalized spacial score (nSPS) is 24.2. The van der Waals surface area contributed by atoms with Crippen LogP contribution in [0.1, 0.15) is 32.1 Å². The molecule has 2 aliphatic rings. The highest BCUT2D eigenvalue weighted by Gasteiger charge is 2.34. The molecule has 1 unspecified atom stereocenters. The van der Waals surface area contributed by atoms with Gasteiger partial charge in [-0.05, 0) is 31.6 Å². The molecule has 0 radical (unpaired) electrons. The molecule has 3 heteroatoms. The fourth-order valence-electron chi connectivity index (χ4n) is 1.70. The highest BCUT2D eigenvalue weighted by Crippen LogP contribution is 2.33. The van der Waals surface area contributed by atoms with Crippen LogP contribution < -0.4 is 5.73 Å². The molecular weight excluding hydrogens is 164 g/mol. The Morgan fingerprint density at radius 1 is 1.46 bits per heavy atom. The zero-order valence-corrected chi connectivity index (χ0v) is 8.20. The van der Waals surface area contributed by atoms with Crippen molar-refractivity contribution in [3.63, 3.8) is 0 Å². The van der Waals surface area contributed by atoms with Crippen LogP contribution in [0.15, 0.2) is 0 Å². The predicted molar refractivity (Wildman–Crippen MR) is 51.1 cm³/mol. The van der Waals surface area contributed by atoms with Crippen molar-refractivity contribution in [2.24, 2.45) is 11.7 Å². The number of nitrogens with two attached hydrogens (primary N) is 1. The Labute approximate surface area is 79.3 Å². The summed E-state index contributed by atoms with van der Waals surface area (Å²) in [7, 11) is 1.90. The van der Waals surface area contributed by atoms with Crippen LogP contribution in [0.3, 0.4) is 0 Å². The molecule has 2 aliphatic carbocycles. The number of hydrogen-bond acceptors (Lipinski definition) is 2. The SMILES string of the molecule is CN(C(=O)CC(N)C1CC1)C1CC1. The quantitative estimate of drug-likeness (QED) is 0.697. The summed E-state index contributed by atoms with van der Waals surface area (Å²) < 4.78 is 0. The molecule has 0 aliphatic heterocycles. The molecule has 13 heavy (non-hydrogen) atoms. The summed E-state index contributed by atoms with van der Waals surface area (Å²) in [6.07, 6.45) is 5.36. The molecule has 0 saturated heterocycles. The molecule has 0 aromatic carbocycles.